The van der Waals surface area contributed by atoms with Crippen molar-refractivity contribution in [2.75, 3.05) is 24.5 Å². The Bertz CT molecular complexity index is 1560. The molecule has 0 bridgehead atoms. The lowest BCUT2D eigenvalue weighted by molar-refractivity contribution is -0.137. The zero-order valence-corrected chi connectivity index (χ0v) is 24.8. The van der Waals surface area contributed by atoms with Crippen LogP contribution in [0.25, 0.3) is 11.1 Å². The van der Waals surface area contributed by atoms with Crippen molar-refractivity contribution in [2.45, 2.75) is 44.7 Å². The molecule has 1 amide bonds. The van der Waals surface area contributed by atoms with Gasteiger partial charge < -0.3 is 10.2 Å². The second-order valence-corrected chi connectivity index (χ2v) is 11.4. The van der Waals surface area contributed by atoms with E-state index in [1.807, 2.05) is 61.5 Å². The van der Waals surface area contributed by atoms with Crippen molar-refractivity contribution in [1.29, 1.82) is 0 Å². The molecule has 1 aliphatic rings. The quantitative estimate of drug-likeness (QED) is 0.187. The number of ketones is 1. The summed E-state index contributed by atoms with van der Waals surface area (Å²) in [5, 5.41) is 3.10. The second kappa shape index (κ2) is 13.9. The predicted molar refractivity (Wildman–Crippen MR) is 169 cm³/mol. The maximum atomic E-state index is 13.7. The molecule has 1 heterocycles. The lowest BCUT2D eigenvalue weighted by Gasteiger charge is -2.37. The van der Waals surface area contributed by atoms with Gasteiger partial charge in [-0.1, -0.05) is 91.9 Å². The first-order valence-electron chi connectivity index (χ1n) is 15.2. The molecule has 1 saturated heterocycles. The molecule has 1 N–H and O–H groups in total. The zero-order valence-electron chi connectivity index (χ0n) is 24.8. The first-order valence-corrected chi connectivity index (χ1v) is 15.2. The van der Waals surface area contributed by atoms with Gasteiger partial charge in [-0.05, 0) is 65.6 Å². The van der Waals surface area contributed by atoms with E-state index in [-0.39, 0.29) is 46.6 Å². The third-order valence-electron chi connectivity index (χ3n) is 8.42. The van der Waals surface area contributed by atoms with Crippen molar-refractivity contribution in [3.05, 3.63) is 125 Å². The Morgan fingerprint density at radius 2 is 1.43 bits per heavy atom. The zero-order chi connectivity index (χ0) is 31.1. The van der Waals surface area contributed by atoms with E-state index in [1.54, 1.807) is 30.3 Å². The van der Waals surface area contributed by atoms with E-state index < -0.39 is 11.7 Å². The number of carbonyl (C=O) groups is 2. The highest BCUT2D eigenvalue weighted by Crippen LogP contribution is 2.39. The van der Waals surface area contributed by atoms with Crippen molar-refractivity contribution >= 4 is 17.4 Å². The fourth-order valence-electron chi connectivity index (χ4n) is 6.18. The van der Waals surface area contributed by atoms with Crippen LogP contribution in [-0.4, -0.2) is 31.3 Å². The maximum absolute atomic E-state index is 13.7. The van der Waals surface area contributed by atoms with Crippen LogP contribution in [0.5, 0.6) is 0 Å². The average Bonchev–Trinajstić information content (AvgIpc) is 3.05. The number of benzene rings is 4. The van der Waals surface area contributed by atoms with Gasteiger partial charge in [-0.15, -0.1) is 0 Å². The van der Waals surface area contributed by atoms with Crippen molar-refractivity contribution in [3.8, 4) is 11.1 Å². The molecule has 5 rings (SSSR count). The topological polar surface area (TPSA) is 49.4 Å². The number of anilines is 1. The molecule has 4 nitrogen and oxygen atoms in total. The standard InChI is InChI=1S/C37H37F3N2O2/c1-2-22-41-36(44)35(27-10-4-3-5-11-27)28-20-23-42(24-21-28)29-18-16-26(17-19-29)25-34(43)32-14-7-6-12-30(32)31-13-8-9-15-33(31)37(38,39)40/h3-19,28,35H,2,20-25H2,1H3,(H,41,44). The first kappa shape index (κ1) is 31.0. The summed E-state index contributed by atoms with van der Waals surface area (Å²) in [6.07, 6.45) is -1.78. The molecular formula is C37H37F3N2O2. The number of halogens is 3. The van der Waals surface area contributed by atoms with E-state index in [2.05, 4.69) is 10.2 Å². The monoisotopic (exact) mass is 598 g/mol. The van der Waals surface area contributed by atoms with Crippen LogP contribution in [0.4, 0.5) is 18.9 Å². The van der Waals surface area contributed by atoms with Crippen molar-refractivity contribution < 1.29 is 22.8 Å². The minimum Gasteiger partial charge on any atom is -0.372 e. The highest BCUT2D eigenvalue weighted by atomic mass is 19.4. The highest BCUT2D eigenvalue weighted by molar-refractivity contribution is 6.03. The molecule has 1 aliphatic heterocycles. The molecule has 1 unspecified atom stereocenters. The van der Waals surface area contributed by atoms with Crippen molar-refractivity contribution in [2.24, 2.45) is 5.92 Å². The van der Waals surface area contributed by atoms with Crippen LogP contribution in [0, 0.1) is 5.92 Å². The molecular weight excluding hydrogens is 561 g/mol. The van der Waals surface area contributed by atoms with Gasteiger partial charge in [0, 0.05) is 37.3 Å². The summed E-state index contributed by atoms with van der Waals surface area (Å²) in [4.78, 5) is 28.8. The minimum absolute atomic E-state index is 0.0000452. The molecule has 1 atom stereocenters. The molecule has 0 spiro atoms. The van der Waals surface area contributed by atoms with Gasteiger partial charge in [-0.25, -0.2) is 0 Å². The van der Waals surface area contributed by atoms with E-state index in [1.165, 1.54) is 12.1 Å². The Morgan fingerprint density at radius 3 is 2.09 bits per heavy atom. The van der Waals surface area contributed by atoms with Crippen LogP contribution < -0.4 is 10.2 Å². The molecule has 7 heteroatoms. The summed E-state index contributed by atoms with van der Waals surface area (Å²) >= 11 is 0. The number of amides is 1. The Hall–Kier alpha value is -4.39. The fourth-order valence-corrected chi connectivity index (χ4v) is 6.18. The average molecular weight is 599 g/mol. The summed E-state index contributed by atoms with van der Waals surface area (Å²) in [7, 11) is 0. The van der Waals surface area contributed by atoms with Crippen molar-refractivity contribution in [1.82, 2.24) is 5.32 Å². The molecule has 4 aromatic rings. The van der Waals surface area contributed by atoms with Gasteiger partial charge in [0.1, 0.15) is 0 Å². The fraction of sp³-hybridized carbons (Fsp3) is 0.297. The van der Waals surface area contributed by atoms with E-state index in [0.29, 0.717) is 6.54 Å². The maximum Gasteiger partial charge on any atom is 0.417 e. The predicted octanol–water partition coefficient (Wildman–Crippen LogP) is 8.32. The Kier molecular flexibility index (Phi) is 9.83. The SMILES string of the molecule is CCCNC(=O)C(c1ccccc1)C1CCN(c2ccc(CC(=O)c3ccccc3-c3ccccc3C(F)(F)F)cc2)CC1. The normalized spacial score (nSPS) is 14.7. The lowest BCUT2D eigenvalue weighted by Crippen LogP contribution is -2.40. The smallest absolute Gasteiger partial charge is 0.372 e. The number of Topliss-reactive ketones (excluding diaryl/α,β-unsaturated/α-hetero) is 1. The van der Waals surface area contributed by atoms with E-state index in [9.17, 15) is 22.8 Å². The third kappa shape index (κ3) is 7.21. The van der Waals surface area contributed by atoms with Crippen molar-refractivity contribution in [3.63, 3.8) is 0 Å². The summed E-state index contributed by atoms with van der Waals surface area (Å²) in [5.74, 6) is -0.0809. The molecule has 0 aromatic heterocycles. The summed E-state index contributed by atoms with van der Waals surface area (Å²) in [6, 6.07) is 29.7. The van der Waals surface area contributed by atoms with E-state index in [4.69, 9.17) is 0 Å². The number of hydrogen-bond donors (Lipinski definition) is 1. The molecule has 228 valence electrons. The van der Waals surface area contributed by atoms with Gasteiger partial charge in [0.05, 0.1) is 11.5 Å². The van der Waals surface area contributed by atoms with Gasteiger partial charge >= 0.3 is 6.18 Å². The van der Waals surface area contributed by atoms with Gasteiger partial charge in [-0.2, -0.15) is 13.2 Å². The number of rotatable bonds is 10. The van der Waals surface area contributed by atoms with Gasteiger partial charge in [-0.3, -0.25) is 9.59 Å². The van der Waals surface area contributed by atoms with Crippen LogP contribution in [0.2, 0.25) is 0 Å². The van der Waals surface area contributed by atoms with Gasteiger partial charge in [0.25, 0.3) is 0 Å². The Morgan fingerprint density at radius 1 is 0.818 bits per heavy atom. The number of nitrogens with zero attached hydrogens (tertiary/aromatic N) is 1. The van der Waals surface area contributed by atoms with Crippen LogP contribution >= 0.6 is 0 Å². The number of hydrogen-bond acceptors (Lipinski definition) is 3. The first-order chi connectivity index (χ1) is 21.3. The van der Waals surface area contributed by atoms with Gasteiger partial charge in [0.15, 0.2) is 5.78 Å². The molecule has 0 saturated carbocycles. The number of alkyl halides is 3. The largest absolute Gasteiger partial charge is 0.417 e. The van der Waals surface area contributed by atoms with E-state index in [0.717, 1.165) is 55.2 Å². The molecule has 0 radical (unpaired) electrons. The van der Waals surface area contributed by atoms with Crippen LogP contribution in [-0.2, 0) is 17.4 Å². The third-order valence-corrected chi connectivity index (χ3v) is 8.42. The molecule has 4 aromatic carbocycles. The lowest BCUT2D eigenvalue weighted by atomic mass is 9.79. The van der Waals surface area contributed by atoms with Gasteiger partial charge in [0.2, 0.25) is 5.91 Å². The Balaban J connectivity index is 1.25. The van der Waals surface area contributed by atoms with E-state index >= 15 is 0 Å². The Labute approximate surface area is 256 Å². The number of nitrogens with one attached hydrogen (secondary N) is 1. The minimum atomic E-state index is -4.53. The molecule has 44 heavy (non-hydrogen) atoms. The second-order valence-electron chi connectivity index (χ2n) is 11.4. The van der Waals surface area contributed by atoms with Crippen LogP contribution in [0.1, 0.15) is 59.2 Å². The highest BCUT2D eigenvalue weighted by Gasteiger charge is 2.34. The molecule has 1 fully saturated rings. The summed E-state index contributed by atoms with van der Waals surface area (Å²) < 4.78 is 41.2. The summed E-state index contributed by atoms with van der Waals surface area (Å²) in [5.41, 5.74) is 2.69. The summed E-state index contributed by atoms with van der Waals surface area (Å²) in [6.45, 7) is 4.36. The van der Waals surface area contributed by atoms with Crippen LogP contribution in [0.3, 0.4) is 0 Å². The van der Waals surface area contributed by atoms with Crippen LogP contribution in [0.15, 0.2) is 103 Å². The number of piperidine rings is 1. The molecule has 0 aliphatic carbocycles. The number of carbonyl (C=O) groups excluding carboxylic acids is 2.